The molecule has 120 valence electrons. The summed E-state index contributed by atoms with van der Waals surface area (Å²) in [6.45, 7) is 4.29. The quantitative estimate of drug-likeness (QED) is 0.622. The van der Waals surface area contributed by atoms with Crippen LogP contribution in [0.1, 0.15) is 38.7 Å². The number of likely N-dealkylation sites (tertiary alicyclic amines) is 1. The predicted octanol–water partition coefficient (Wildman–Crippen LogP) is 3.11. The molecule has 0 aliphatic carbocycles. The molecule has 0 spiro atoms. The SMILES string of the molecule is CC1CCCC(C)N1C(=O)/C(C#N)=C\c1ccc2c(c1)OCO2. The Kier molecular flexibility index (Phi) is 4.24. The van der Waals surface area contributed by atoms with Crippen molar-refractivity contribution in [1.82, 2.24) is 4.90 Å². The second kappa shape index (κ2) is 6.33. The fraction of sp³-hybridized carbons (Fsp3) is 0.444. The largest absolute Gasteiger partial charge is 0.454 e. The van der Waals surface area contributed by atoms with Crippen molar-refractivity contribution in [2.45, 2.75) is 45.2 Å². The van der Waals surface area contributed by atoms with E-state index in [4.69, 9.17) is 9.47 Å². The van der Waals surface area contributed by atoms with Gasteiger partial charge in [0.15, 0.2) is 11.5 Å². The topological polar surface area (TPSA) is 62.6 Å². The highest BCUT2D eigenvalue weighted by molar-refractivity contribution is 6.02. The summed E-state index contributed by atoms with van der Waals surface area (Å²) in [6.07, 6.45) is 4.72. The van der Waals surface area contributed by atoms with Crippen molar-refractivity contribution in [3.63, 3.8) is 0 Å². The number of piperidine rings is 1. The van der Waals surface area contributed by atoms with Gasteiger partial charge in [-0.05, 0) is 56.9 Å². The zero-order valence-corrected chi connectivity index (χ0v) is 13.4. The molecule has 0 saturated carbocycles. The maximum Gasteiger partial charge on any atom is 0.265 e. The van der Waals surface area contributed by atoms with E-state index in [0.717, 1.165) is 24.8 Å². The molecule has 1 amide bonds. The molecule has 1 fully saturated rings. The highest BCUT2D eigenvalue weighted by atomic mass is 16.7. The Morgan fingerprint density at radius 1 is 1.26 bits per heavy atom. The zero-order valence-electron chi connectivity index (χ0n) is 13.4. The van der Waals surface area contributed by atoms with Crippen molar-refractivity contribution >= 4 is 12.0 Å². The van der Waals surface area contributed by atoms with Gasteiger partial charge < -0.3 is 14.4 Å². The van der Waals surface area contributed by atoms with Crippen LogP contribution in [0.4, 0.5) is 0 Å². The molecule has 2 aliphatic rings. The van der Waals surface area contributed by atoms with Gasteiger partial charge in [-0.2, -0.15) is 5.26 Å². The normalized spacial score (nSPS) is 23.5. The third kappa shape index (κ3) is 3.02. The number of carbonyl (C=O) groups excluding carboxylic acids is 1. The van der Waals surface area contributed by atoms with Crippen molar-refractivity contribution in [1.29, 1.82) is 5.26 Å². The standard InChI is InChI=1S/C18H20N2O3/c1-12-4-3-5-13(2)20(12)18(21)15(10-19)8-14-6-7-16-17(9-14)23-11-22-16/h6-9,12-13H,3-5,11H2,1-2H3/b15-8-. The molecule has 5 nitrogen and oxygen atoms in total. The summed E-state index contributed by atoms with van der Waals surface area (Å²) in [5.41, 5.74) is 0.918. The second-order valence-electron chi connectivity index (χ2n) is 6.12. The number of hydrogen-bond acceptors (Lipinski definition) is 4. The molecule has 3 rings (SSSR count). The molecule has 23 heavy (non-hydrogen) atoms. The fourth-order valence-electron chi connectivity index (χ4n) is 3.27. The van der Waals surface area contributed by atoms with Crippen LogP contribution in [0.15, 0.2) is 23.8 Å². The van der Waals surface area contributed by atoms with Gasteiger partial charge in [-0.15, -0.1) is 0 Å². The molecule has 5 heteroatoms. The van der Waals surface area contributed by atoms with Crippen molar-refractivity contribution < 1.29 is 14.3 Å². The minimum atomic E-state index is -0.190. The lowest BCUT2D eigenvalue weighted by Gasteiger charge is -2.38. The summed E-state index contributed by atoms with van der Waals surface area (Å²) in [7, 11) is 0. The first-order valence-electron chi connectivity index (χ1n) is 7.94. The van der Waals surface area contributed by atoms with E-state index in [1.807, 2.05) is 24.8 Å². The van der Waals surface area contributed by atoms with Gasteiger partial charge in [-0.25, -0.2) is 0 Å². The monoisotopic (exact) mass is 312 g/mol. The minimum absolute atomic E-state index is 0.157. The molecule has 0 N–H and O–H groups in total. The van der Waals surface area contributed by atoms with Crippen molar-refractivity contribution in [2.75, 3.05) is 6.79 Å². The van der Waals surface area contributed by atoms with Gasteiger partial charge in [0.05, 0.1) is 0 Å². The van der Waals surface area contributed by atoms with Gasteiger partial charge in [0.1, 0.15) is 11.6 Å². The summed E-state index contributed by atoms with van der Waals surface area (Å²) in [6, 6.07) is 7.79. The van der Waals surface area contributed by atoms with E-state index in [1.165, 1.54) is 0 Å². The van der Waals surface area contributed by atoms with Crippen molar-refractivity contribution in [3.05, 3.63) is 29.3 Å². The average molecular weight is 312 g/mol. The van der Waals surface area contributed by atoms with E-state index < -0.39 is 0 Å². The molecule has 0 bridgehead atoms. The van der Waals surface area contributed by atoms with E-state index in [2.05, 4.69) is 6.07 Å². The van der Waals surface area contributed by atoms with Crippen LogP contribution in [-0.4, -0.2) is 29.7 Å². The third-order valence-corrected chi connectivity index (χ3v) is 4.49. The van der Waals surface area contributed by atoms with Crippen molar-refractivity contribution in [2.24, 2.45) is 0 Å². The van der Waals surface area contributed by atoms with Gasteiger partial charge in [-0.3, -0.25) is 4.79 Å². The van der Waals surface area contributed by atoms with Gasteiger partial charge in [0.25, 0.3) is 5.91 Å². The van der Waals surface area contributed by atoms with Crippen molar-refractivity contribution in [3.8, 4) is 17.6 Å². The van der Waals surface area contributed by atoms with E-state index in [9.17, 15) is 10.1 Å². The number of nitriles is 1. The summed E-state index contributed by atoms with van der Waals surface area (Å²) < 4.78 is 10.6. The first-order valence-corrected chi connectivity index (χ1v) is 7.94. The average Bonchev–Trinajstić information content (AvgIpc) is 2.99. The predicted molar refractivity (Wildman–Crippen MR) is 85.8 cm³/mol. The van der Waals surface area contributed by atoms with Crippen LogP contribution in [0.3, 0.4) is 0 Å². The van der Waals surface area contributed by atoms with Gasteiger partial charge in [0, 0.05) is 12.1 Å². The van der Waals surface area contributed by atoms with Crippen LogP contribution in [0.5, 0.6) is 11.5 Å². The summed E-state index contributed by atoms with van der Waals surface area (Å²) in [5, 5.41) is 9.43. The van der Waals surface area contributed by atoms with Crippen LogP contribution in [0, 0.1) is 11.3 Å². The summed E-state index contributed by atoms with van der Waals surface area (Å²) in [4.78, 5) is 14.6. The molecule has 2 unspecified atom stereocenters. The van der Waals surface area contributed by atoms with E-state index >= 15 is 0 Å². The highest BCUT2D eigenvalue weighted by Crippen LogP contribution is 2.33. The Bertz CT molecular complexity index is 680. The Balaban J connectivity index is 1.87. The van der Waals surface area contributed by atoms with Gasteiger partial charge in [-0.1, -0.05) is 6.07 Å². The molecule has 0 aromatic heterocycles. The number of fused-ring (bicyclic) bond motifs is 1. The number of benzene rings is 1. The fourth-order valence-corrected chi connectivity index (χ4v) is 3.27. The highest BCUT2D eigenvalue weighted by Gasteiger charge is 2.30. The van der Waals surface area contributed by atoms with Gasteiger partial charge in [0.2, 0.25) is 6.79 Å². The van der Waals surface area contributed by atoms with Crippen LogP contribution >= 0.6 is 0 Å². The smallest absolute Gasteiger partial charge is 0.265 e. The number of rotatable bonds is 2. The first kappa shape index (κ1) is 15.4. The lowest BCUT2D eigenvalue weighted by molar-refractivity contribution is -0.132. The van der Waals surface area contributed by atoms with Gasteiger partial charge >= 0.3 is 0 Å². The molecular formula is C18H20N2O3. The van der Waals surface area contributed by atoms with Crippen LogP contribution in [-0.2, 0) is 4.79 Å². The third-order valence-electron chi connectivity index (χ3n) is 4.49. The van der Waals surface area contributed by atoms with E-state index in [1.54, 1.807) is 18.2 Å². The maximum absolute atomic E-state index is 12.8. The Labute approximate surface area is 136 Å². The lowest BCUT2D eigenvalue weighted by atomic mass is 9.96. The van der Waals surface area contributed by atoms with Crippen LogP contribution in [0.25, 0.3) is 6.08 Å². The molecule has 2 atom stereocenters. The van der Waals surface area contributed by atoms with E-state index in [0.29, 0.717) is 11.5 Å². The Morgan fingerprint density at radius 2 is 1.96 bits per heavy atom. The number of nitrogens with zero attached hydrogens (tertiary/aromatic N) is 2. The lowest BCUT2D eigenvalue weighted by Crippen LogP contribution is -2.47. The number of hydrogen-bond donors (Lipinski definition) is 0. The van der Waals surface area contributed by atoms with Crippen LogP contribution < -0.4 is 9.47 Å². The molecule has 1 aromatic rings. The summed E-state index contributed by atoms with van der Waals surface area (Å²) in [5.74, 6) is 1.14. The maximum atomic E-state index is 12.8. The Hall–Kier alpha value is -2.48. The molecule has 2 aliphatic heterocycles. The first-order chi connectivity index (χ1) is 11.1. The molecule has 1 saturated heterocycles. The number of ether oxygens (including phenoxy) is 2. The minimum Gasteiger partial charge on any atom is -0.454 e. The number of amides is 1. The molecule has 0 radical (unpaired) electrons. The molecule has 2 heterocycles. The zero-order chi connectivity index (χ0) is 16.4. The second-order valence-corrected chi connectivity index (χ2v) is 6.12. The van der Waals surface area contributed by atoms with E-state index in [-0.39, 0.29) is 30.4 Å². The molecule has 1 aromatic carbocycles. The molecular weight excluding hydrogens is 292 g/mol. The summed E-state index contributed by atoms with van der Waals surface area (Å²) >= 11 is 0. The Morgan fingerprint density at radius 3 is 2.65 bits per heavy atom. The number of carbonyl (C=O) groups is 1. The van der Waals surface area contributed by atoms with Crippen LogP contribution in [0.2, 0.25) is 0 Å².